The number of amides is 1. The van der Waals surface area contributed by atoms with Crippen molar-refractivity contribution in [2.24, 2.45) is 0 Å². The first-order valence-corrected chi connectivity index (χ1v) is 10.4. The maximum absolute atomic E-state index is 12.2. The molecule has 0 bridgehead atoms. The van der Waals surface area contributed by atoms with Crippen LogP contribution in [0.25, 0.3) is 0 Å². The van der Waals surface area contributed by atoms with E-state index in [1.165, 1.54) is 7.11 Å². The van der Waals surface area contributed by atoms with E-state index in [0.29, 0.717) is 29.2 Å². The van der Waals surface area contributed by atoms with Gasteiger partial charge in [0.15, 0.2) is 23.9 Å². The first-order chi connectivity index (χ1) is 15.0. The van der Waals surface area contributed by atoms with Gasteiger partial charge in [0.2, 0.25) is 5.91 Å². The lowest BCUT2D eigenvalue weighted by atomic mass is 10.1. The number of anilines is 1. The quantitative estimate of drug-likeness (QED) is 0.289. The van der Waals surface area contributed by atoms with Crippen molar-refractivity contribution in [3.8, 4) is 11.5 Å². The Morgan fingerprint density at radius 2 is 1.61 bits per heavy atom. The van der Waals surface area contributed by atoms with Gasteiger partial charge in [-0.05, 0) is 42.8 Å². The average Bonchev–Trinajstić information content (AvgIpc) is 2.78. The predicted octanol–water partition coefficient (Wildman–Crippen LogP) is 4.41. The average molecular weight is 427 g/mol. The number of para-hydroxylation sites is 2. The summed E-state index contributed by atoms with van der Waals surface area (Å²) in [6.07, 6.45) is 3.42. The zero-order valence-corrected chi connectivity index (χ0v) is 18.0. The number of hydrogen-bond acceptors (Lipinski definition) is 6. The molecule has 2 rings (SSSR count). The monoisotopic (exact) mass is 427 g/mol. The van der Waals surface area contributed by atoms with Crippen LogP contribution in [-0.4, -0.2) is 38.0 Å². The number of rotatable bonds is 13. The van der Waals surface area contributed by atoms with Crippen molar-refractivity contribution in [2.45, 2.75) is 39.0 Å². The van der Waals surface area contributed by atoms with E-state index in [1.54, 1.807) is 42.5 Å². The summed E-state index contributed by atoms with van der Waals surface area (Å²) in [7, 11) is 1.54. The molecule has 0 aliphatic carbocycles. The molecule has 0 heterocycles. The number of carbonyl (C=O) groups excluding carboxylic acids is 3. The lowest BCUT2D eigenvalue weighted by Crippen LogP contribution is -2.16. The molecule has 1 N–H and O–H groups in total. The summed E-state index contributed by atoms with van der Waals surface area (Å²) in [5.41, 5.74) is 1.03. The SMILES string of the molecule is CCCCCC(=O)Nc1ccc(C(=O)COC(=O)CCOc2ccccc2OC)cc1. The van der Waals surface area contributed by atoms with Crippen LogP contribution in [0.5, 0.6) is 11.5 Å². The topological polar surface area (TPSA) is 90.9 Å². The highest BCUT2D eigenvalue weighted by atomic mass is 16.5. The van der Waals surface area contributed by atoms with E-state index in [2.05, 4.69) is 12.2 Å². The van der Waals surface area contributed by atoms with E-state index in [9.17, 15) is 14.4 Å². The maximum atomic E-state index is 12.2. The van der Waals surface area contributed by atoms with Crippen LogP contribution in [0.3, 0.4) is 0 Å². The summed E-state index contributed by atoms with van der Waals surface area (Å²) in [4.78, 5) is 35.9. The van der Waals surface area contributed by atoms with E-state index < -0.39 is 5.97 Å². The Bertz CT molecular complexity index is 863. The van der Waals surface area contributed by atoms with E-state index in [-0.39, 0.29) is 31.3 Å². The Labute approximate surface area is 182 Å². The minimum atomic E-state index is -0.529. The molecule has 0 unspecified atom stereocenters. The molecule has 0 saturated carbocycles. The minimum Gasteiger partial charge on any atom is -0.493 e. The molecule has 1 amide bonds. The Morgan fingerprint density at radius 3 is 2.29 bits per heavy atom. The van der Waals surface area contributed by atoms with Crippen LogP contribution in [0, 0.1) is 0 Å². The molecule has 0 spiro atoms. The first-order valence-electron chi connectivity index (χ1n) is 10.4. The fraction of sp³-hybridized carbons (Fsp3) is 0.375. The highest BCUT2D eigenvalue weighted by Crippen LogP contribution is 2.25. The molecule has 7 nitrogen and oxygen atoms in total. The van der Waals surface area contributed by atoms with Crippen molar-refractivity contribution in [3.63, 3.8) is 0 Å². The number of unbranched alkanes of at least 4 members (excludes halogenated alkanes) is 2. The number of ether oxygens (including phenoxy) is 3. The summed E-state index contributed by atoms with van der Waals surface area (Å²) in [6, 6.07) is 13.6. The molecule has 2 aromatic rings. The van der Waals surface area contributed by atoms with E-state index in [1.807, 2.05) is 6.07 Å². The molecule has 31 heavy (non-hydrogen) atoms. The minimum absolute atomic E-state index is 0.00826. The second kappa shape index (κ2) is 13.1. The number of esters is 1. The Hall–Kier alpha value is -3.35. The lowest BCUT2D eigenvalue weighted by Gasteiger charge is -2.10. The van der Waals surface area contributed by atoms with E-state index in [0.717, 1.165) is 19.3 Å². The van der Waals surface area contributed by atoms with Crippen molar-refractivity contribution in [2.75, 3.05) is 25.6 Å². The third-order valence-corrected chi connectivity index (χ3v) is 4.50. The van der Waals surface area contributed by atoms with Gasteiger partial charge >= 0.3 is 5.97 Å². The molecule has 0 aliphatic rings. The number of ketones is 1. The van der Waals surface area contributed by atoms with E-state index >= 15 is 0 Å². The number of Topliss-reactive ketones (excluding diaryl/α,β-unsaturated/α-hetero) is 1. The summed E-state index contributed by atoms with van der Waals surface area (Å²) in [5, 5.41) is 2.80. The van der Waals surface area contributed by atoms with Crippen LogP contribution < -0.4 is 14.8 Å². The third kappa shape index (κ3) is 8.50. The number of carbonyl (C=O) groups is 3. The van der Waals surface area contributed by atoms with Crippen molar-refractivity contribution < 1.29 is 28.6 Å². The van der Waals surface area contributed by atoms with Gasteiger partial charge in [-0.2, -0.15) is 0 Å². The Morgan fingerprint density at radius 1 is 0.903 bits per heavy atom. The van der Waals surface area contributed by atoms with Gasteiger partial charge in [0.1, 0.15) is 0 Å². The van der Waals surface area contributed by atoms with Crippen molar-refractivity contribution in [1.82, 2.24) is 0 Å². The summed E-state index contributed by atoms with van der Waals surface area (Å²) < 4.78 is 15.7. The smallest absolute Gasteiger partial charge is 0.309 e. The van der Waals surface area contributed by atoms with Gasteiger partial charge in [0, 0.05) is 17.7 Å². The van der Waals surface area contributed by atoms with Gasteiger partial charge in [-0.1, -0.05) is 31.9 Å². The largest absolute Gasteiger partial charge is 0.493 e. The second-order valence-corrected chi connectivity index (χ2v) is 6.92. The number of methoxy groups -OCH3 is 1. The molecule has 0 saturated heterocycles. The van der Waals surface area contributed by atoms with Crippen LogP contribution in [0.4, 0.5) is 5.69 Å². The Balaban J connectivity index is 1.71. The second-order valence-electron chi connectivity index (χ2n) is 6.92. The highest BCUT2D eigenvalue weighted by Gasteiger charge is 2.11. The predicted molar refractivity (Wildman–Crippen MR) is 118 cm³/mol. The molecule has 166 valence electrons. The summed E-state index contributed by atoms with van der Waals surface area (Å²) in [5.74, 6) is 0.217. The normalized spacial score (nSPS) is 10.3. The third-order valence-electron chi connectivity index (χ3n) is 4.50. The van der Waals surface area contributed by atoms with Gasteiger partial charge in [0.25, 0.3) is 0 Å². The van der Waals surface area contributed by atoms with Crippen molar-refractivity contribution in [1.29, 1.82) is 0 Å². The van der Waals surface area contributed by atoms with Crippen LogP contribution in [0.2, 0.25) is 0 Å². The molecule has 0 radical (unpaired) electrons. The highest BCUT2D eigenvalue weighted by molar-refractivity contribution is 5.98. The number of nitrogens with one attached hydrogen (secondary N) is 1. The summed E-state index contributed by atoms with van der Waals surface area (Å²) >= 11 is 0. The number of benzene rings is 2. The Kier molecular flexibility index (Phi) is 10.1. The zero-order chi connectivity index (χ0) is 22.5. The van der Waals surface area contributed by atoms with Gasteiger partial charge in [-0.15, -0.1) is 0 Å². The van der Waals surface area contributed by atoms with Crippen LogP contribution in [0.1, 0.15) is 49.4 Å². The van der Waals surface area contributed by atoms with Gasteiger partial charge in [-0.3, -0.25) is 14.4 Å². The van der Waals surface area contributed by atoms with Crippen molar-refractivity contribution >= 4 is 23.3 Å². The standard InChI is InChI=1S/C24H29NO6/c1-3-4-5-10-23(27)25-19-13-11-18(12-14-19)20(26)17-31-24(28)15-16-30-22-9-7-6-8-21(22)29-2/h6-9,11-14H,3-5,10,15-17H2,1-2H3,(H,25,27). The molecule has 0 aromatic heterocycles. The fourth-order valence-electron chi connectivity index (χ4n) is 2.78. The fourth-order valence-corrected chi connectivity index (χ4v) is 2.78. The molecule has 7 heteroatoms. The molecular weight excluding hydrogens is 398 g/mol. The summed E-state index contributed by atoms with van der Waals surface area (Å²) in [6.45, 7) is 1.84. The lowest BCUT2D eigenvalue weighted by molar-refractivity contribution is -0.143. The molecule has 0 fully saturated rings. The van der Waals surface area contributed by atoms with E-state index in [4.69, 9.17) is 14.2 Å². The van der Waals surface area contributed by atoms with Gasteiger partial charge in [0.05, 0.1) is 20.1 Å². The van der Waals surface area contributed by atoms with Gasteiger partial charge in [-0.25, -0.2) is 0 Å². The first kappa shape index (κ1) is 23.9. The van der Waals surface area contributed by atoms with Crippen LogP contribution in [-0.2, 0) is 14.3 Å². The molecule has 0 aliphatic heterocycles. The zero-order valence-electron chi connectivity index (χ0n) is 18.0. The van der Waals surface area contributed by atoms with Crippen LogP contribution in [0.15, 0.2) is 48.5 Å². The molecule has 0 atom stereocenters. The van der Waals surface area contributed by atoms with Crippen molar-refractivity contribution in [3.05, 3.63) is 54.1 Å². The maximum Gasteiger partial charge on any atom is 0.309 e. The number of hydrogen-bond donors (Lipinski definition) is 1. The molecule has 2 aromatic carbocycles. The van der Waals surface area contributed by atoms with Gasteiger partial charge < -0.3 is 19.5 Å². The van der Waals surface area contributed by atoms with Crippen LogP contribution >= 0.6 is 0 Å². The molecular formula is C24H29NO6.